The van der Waals surface area contributed by atoms with E-state index in [4.69, 9.17) is 32.9 Å². The van der Waals surface area contributed by atoms with Crippen LogP contribution in [-0.2, 0) is 32.9 Å². The Morgan fingerprint density at radius 1 is 0.250 bits per heavy atom. The molecule has 0 aliphatic carbocycles. The number of rotatable bonds is 0. The molecular formula is C32H80O8Si8. The van der Waals surface area contributed by atoms with Crippen LogP contribution in [0.2, 0.25) is 40.3 Å². The molecule has 8 nitrogen and oxygen atoms in total. The highest BCUT2D eigenvalue weighted by Crippen LogP contribution is 2.66. The fraction of sp³-hybridized carbons (Fsp3) is 1.00. The number of hydrogen-bond donors (Lipinski definition) is 0. The minimum atomic E-state index is -3.43. The Balaban J connectivity index is 4.70. The molecule has 0 unspecified atom stereocenters. The SMILES string of the molecule is CC(C)(C)[Si]1(C(C)(C)C)O[SiH2]O[SiH2]O[SiH2]O[SiH2]O[Si](C(C)(C)C)(C(C)(C)C)O[Si](C(C)(C)C)(C(C)(C)C)O[Si](C(C)(C)C)(C(C)(C)C)O1. The number of hydrogen-bond acceptors (Lipinski definition) is 8. The van der Waals surface area contributed by atoms with Crippen molar-refractivity contribution in [1.82, 2.24) is 0 Å². The van der Waals surface area contributed by atoms with Crippen LogP contribution in [0, 0.1) is 0 Å². The first-order valence-electron chi connectivity index (χ1n) is 17.9. The fourth-order valence-corrected chi connectivity index (χ4v) is 53.9. The third-order valence-corrected chi connectivity index (χ3v) is 40.7. The van der Waals surface area contributed by atoms with Crippen molar-refractivity contribution in [1.29, 1.82) is 0 Å². The zero-order chi connectivity index (χ0) is 38.5. The maximum Gasteiger partial charge on any atom is 0.331 e. The molecule has 16 heteroatoms. The first-order valence-corrected chi connectivity index (χ1v) is 29.8. The Morgan fingerprint density at radius 3 is 0.604 bits per heavy atom. The van der Waals surface area contributed by atoms with E-state index in [-0.39, 0.29) is 40.3 Å². The standard InChI is InChI=1S/C32H80O8Si8/c1-25(2,3)45(26(4,5)6)36-43-34-41-33-42-35-44-37-46(27(7,8)9,28(10,11)12)39-48(31(19,20)21,32(22,23)24)40-47(38-45,29(13,14)15)30(16,17)18/h41-44H2,1-24H3. The van der Waals surface area contributed by atoms with Gasteiger partial charge in [-0.15, -0.1) is 0 Å². The van der Waals surface area contributed by atoms with Gasteiger partial charge in [0, 0.05) is 40.3 Å². The minimum Gasteiger partial charge on any atom is -0.425 e. The molecule has 0 amide bonds. The lowest BCUT2D eigenvalue weighted by molar-refractivity contribution is 0.156. The average molecular weight is 818 g/mol. The van der Waals surface area contributed by atoms with E-state index in [9.17, 15) is 0 Å². The molecule has 1 aliphatic heterocycles. The van der Waals surface area contributed by atoms with Crippen LogP contribution in [0.25, 0.3) is 0 Å². The van der Waals surface area contributed by atoms with Crippen LogP contribution in [0.5, 0.6) is 0 Å². The lowest BCUT2D eigenvalue weighted by atomic mass is 10.2. The molecule has 288 valence electrons. The van der Waals surface area contributed by atoms with Crippen molar-refractivity contribution < 1.29 is 32.9 Å². The fourth-order valence-electron chi connectivity index (χ4n) is 8.38. The van der Waals surface area contributed by atoms with E-state index in [1.165, 1.54) is 0 Å². The summed E-state index contributed by atoms with van der Waals surface area (Å²) < 4.78 is 58.2. The van der Waals surface area contributed by atoms with Crippen LogP contribution in [0.15, 0.2) is 0 Å². The van der Waals surface area contributed by atoms with Crippen molar-refractivity contribution in [3.8, 4) is 0 Å². The normalized spacial score (nSPS) is 25.5. The van der Waals surface area contributed by atoms with Gasteiger partial charge in [0.2, 0.25) is 0 Å². The predicted octanol–water partition coefficient (Wildman–Crippen LogP) is 8.30. The second kappa shape index (κ2) is 14.9. The Hall–Kier alpha value is 1.42. The van der Waals surface area contributed by atoms with Gasteiger partial charge in [-0.2, -0.15) is 0 Å². The van der Waals surface area contributed by atoms with E-state index in [2.05, 4.69) is 166 Å². The topological polar surface area (TPSA) is 73.8 Å². The van der Waals surface area contributed by atoms with Gasteiger partial charge in [-0.1, -0.05) is 166 Å². The van der Waals surface area contributed by atoms with Gasteiger partial charge in [0.25, 0.3) is 40.0 Å². The summed E-state index contributed by atoms with van der Waals surface area (Å²) in [6, 6.07) is 0. The van der Waals surface area contributed by atoms with Gasteiger partial charge < -0.3 is 32.9 Å². The van der Waals surface area contributed by atoms with Crippen LogP contribution in [0.4, 0.5) is 0 Å². The van der Waals surface area contributed by atoms with Crippen LogP contribution in [0.1, 0.15) is 166 Å². The minimum absolute atomic E-state index is 0.288. The van der Waals surface area contributed by atoms with Crippen molar-refractivity contribution in [3.63, 3.8) is 0 Å². The maximum absolute atomic E-state index is 8.46. The molecule has 0 atom stereocenters. The van der Waals surface area contributed by atoms with Gasteiger partial charge in [0.05, 0.1) is 0 Å². The highest BCUT2D eigenvalue weighted by Gasteiger charge is 2.75. The molecule has 48 heavy (non-hydrogen) atoms. The van der Waals surface area contributed by atoms with Gasteiger partial charge in [-0.05, 0) is 0 Å². The van der Waals surface area contributed by atoms with Crippen molar-refractivity contribution in [2.24, 2.45) is 0 Å². The summed E-state index contributed by atoms with van der Waals surface area (Å²) in [5.74, 6) is 0. The highest BCUT2D eigenvalue weighted by atomic mass is 28.5. The highest BCUT2D eigenvalue weighted by molar-refractivity contribution is 6.96. The van der Waals surface area contributed by atoms with Crippen LogP contribution >= 0.6 is 0 Å². The molecule has 0 N–H and O–H groups in total. The van der Waals surface area contributed by atoms with Crippen LogP contribution < -0.4 is 0 Å². The maximum atomic E-state index is 8.46. The molecule has 0 spiro atoms. The van der Waals surface area contributed by atoms with Crippen molar-refractivity contribution >= 4 is 74.3 Å². The Kier molecular flexibility index (Phi) is 14.7. The van der Waals surface area contributed by atoms with E-state index in [1.807, 2.05) is 0 Å². The molecule has 0 saturated carbocycles. The Labute approximate surface area is 312 Å². The van der Waals surface area contributed by atoms with E-state index >= 15 is 0 Å². The van der Waals surface area contributed by atoms with Crippen molar-refractivity contribution in [3.05, 3.63) is 0 Å². The predicted molar refractivity (Wildman–Crippen MR) is 224 cm³/mol. The summed E-state index contributed by atoms with van der Waals surface area (Å²) in [4.78, 5) is 0. The van der Waals surface area contributed by atoms with Crippen LogP contribution in [0.3, 0.4) is 0 Å². The molecule has 0 aromatic carbocycles. The summed E-state index contributed by atoms with van der Waals surface area (Å²) in [6.07, 6.45) is 0. The molecule has 0 radical (unpaired) electrons. The largest absolute Gasteiger partial charge is 0.425 e. The molecule has 1 heterocycles. The monoisotopic (exact) mass is 816 g/mol. The van der Waals surface area contributed by atoms with E-state index in [0.29, 0.717) is 0 Å². The van der Waals surface area contributed by atoms with Gasteiger partial charge in [-0.3, -0.25) is 0 Å². The molecular weight excluding hydrogens is 737 g/mol. The third kappa shape index (κ3) is 9.19. The molecule has 1 rings (SSSR count). The first kappa shape index (κ1) is 47.4. The molecule has 1 saturated heterocycles. The first-order chi connectivity index (χ1) is 20.8. The van der Waals surface area contributed by atoms with Crippen molar-refractivity contribution in [2.75, 3.05) is 0 Å². The molecule has 0 aromatic rings. The summed E-state index contributed by atoms with van der Waals surface area (Å²) >= 11 is 0. The third-order valence-electron chi connectivity index (χ3n) is 9.79. The average Bonchev–Trinajstić information content (AvgIpc) is 2.77. The van der Waals surface area contributed by atoms with E-state index < -0.39 is 74.3 Å². The molecule has 0 bridgehead atoms. The molecule has 1 fully saturated rings. The van der Waals surface area contributed by atoms with Crippen LogP contribution in [-0.4, -0.2) is 74.3 Å². The quantitative estimate of drug-likeness (QED) is 0.226. The smallest absolute Gasteiger partial charge is 0.331 e. The van der Waals surface area contributed by atoms with E-state index in [1.54, 1.807) is 0 Å². The van der Waals surface area contributed by atoms with Gasteiger partial charge in [-0.25, -0.2) is 0 Å². The Bertz CT molecular complexity index is 912. The summed E-state index contributed by atoms with van der Waals surface area (Å²) in [6.45, 7) is 55.4. The molecule has 1 aliphatic rings. The second-order valence-electron chi connectivity index (χ2n) is 22.1. The lowest BCUT2D eigenvalue weighted by Gasteiger charge is -2.65. The van der Waals surface area contributed by atoms with Gasteiger partial charge in [0.1, 0.15) is 0 Å². The zero-order valence-corrected chi connectivity index (χ0v) is 45.8. The van der Waals surface area contributed by atoms with Gasteiger partial charge in [0.15, 0.2) is 0 Å². The van der Waals surface area contributed by atoms with Crippen molar-refractivity contribution in [2.45, 2.75) is 206 Å². The lowest BCUT2D eigenvalue weighted by Crippen LogP contribution is -2.77. The van der Waals surface area contributed by atoms with Gasteiger partial charge >= 0.3 is 34.2 Å². The molecule has 0 aromatic heterocycles. The summed E-state index contributed by atoms with van der Waals surface area (Å²) in [5.41, 5.74) is 0. The second-order valence-corrected chi connectivity index (χ2v) is 49.7. The summed E-state index contributed by atoms with van der Waals surface area (Å²) in [5, 5.41) is -2.57. The Morgan fingerprint density at radius 2 is 0.417 bits per heavy atom. The van der Waals surface area contributed by atoms with E-state index in [0.717, 1.165) is 0 Å². The summed E-state index contributed by atoms with van der Waals surface area (Å²) in [7, 11) is -18.5. The zero-order valence-electron chi connectivity index (χ0n) is 36.1.